The summed E-state index contributed by atoms with van der Waals surface area (Å²) < 4.78 is 20.0. The second-order valence-electron chi connectivity index (χ2n) is 13.2. The number of nitrogens with one attached hydrogen (secondary N) is 2. The number of rotatable bonds is 10. The van der Waals surface area contributed by atoms with Gasteiger partial charge in [-0.1, -0.05) is 13.8 Å². The molecular weight excluding hydrogens is 656 g/mol. The van der Waals surface area contributed by atoms with Crippen LogP contribution in [0.5, 0.6) is 0 Å². The molecule has 2 aliphatic heterocycles. The second-order valence-corrected chi connectivity index (χ2v) is 13.2. The summed E-state index contributed by atoms with van der Waals surface area (Å²) in [6.07, 6.45) is -0.798. The van der Waals surface area contributed by atoms with Crippen LogP contribution < -0.4 is 0 Å². The fraction of sp³-hybridized carbons (Fsp3) is 0.421. The molecule has 0 saturated carbocycles. The van der Waals surface area contributed by atoms with Gasteiger partial charge in [0.2, 0.25) is 0 Å². The van der Waals surface area contributed by atoms with Crippen LogP contribution in [0, 0.1) is 13.8 Å². The molecular formula is C38H44N4O9. The van der Waals surface area contributed by atoms with Crippen LogP contribution in [0.4, 0.5) is 0 Å². The maximum absolute atomic E-state index is 12.8. The van der Waals surface area contributed by atoms with Crippen LogP contribution in [0.15, 0.2) is 24.3 Å². The van der Waals surface area contributed by atoms with Gasteiger partial charge in [0.05, 0.1) is 64.1 Å². The van der Waals surface area contributed by atoms with Crippen molar-refractivity contribution in [2.24, 2.45) is 0 Å². The number of aromatic amines is 2. The third-order valence-electron chi connectivity index (χ3n) is 9.87. The molecule has 1 unspecified atom stereocenters. The molecule has 5 heterocycles. The van der Waals surface area contributed by atoms with E-state index in [1.807, 2.05) is 39.8 Å². The van der Waals surface area contributed by atoms with Crippen LogP contribution in [-0.2, 0) is 56.4 Å². The highest BCUT2D eigenvalue weighted by molar-refractivity contribution is 6.00. The van der Waals surface area contributed by atoms with Crippen molar-refractivity contribution in [2.75, 3.05) is 28.4 Å². The Labute approximate surface area is 295 Å². The smallest absolute Gasteiger partial charge is 0.310 e. The molecule has 3 N–H and O–H groups in total. The minimum atomic E-state index is -0.980. The average molecular weight is 701 g/mol. The van der Waals surface area contributed by atoms with E-state index in [2.05, 4.69) is 9.97 Å². The summed E-state index contributed by atoms with van der Waals surface area (Å²) in [5, 5.41) is 11.6. The van der Waals surface area contributed by atoms with E-state index >= 15 is 0 Å². The number of carbonyl (C=O) groups excluding carboxylic acids is 4. The van der Waals surface area contributed by atoms with E-state index < -0.39 is 35.4 Å². The van der Waals surface area contributed by atoms with Gasteiger partial charge in [0.15, 0.2) is 0 Å². The predicted octanol–water partition coefficient (Wildman–Crippen LogP) is 5.19. The number of ether oxygens (including phenoxy) is 4. The number of aromatic nitrogens is 4. The van der Waals surface area contributed by atoms with Crippen LogP contribution >= 0.6 is 0 Å². The molecule has 0 fully saturated rings. The van der Waals surface area contributed by atoms with Gasteiger partial charge in [0, 0.05) is 40.3 Å². The maximum atomic E-state index is 12.8. The van der Waals surface area contributed by atoms with Crippen LogP contribution in [0.25, 0.3) is 33.2 Å². The van der Waals surface area contributed by atoms with E-state index in [1.54, 1.807) is 12.1 Å². The Morgan fingerprint density at radius 1 is 0.667 bits per heavy atom. The minimum absolute atomic E-state index is 0.0100. The number of H-pyrrole nitrogens is 2. The standard InChI is InChI=1S/C38H44N4O9/c1-19-20(2)26-18-32-38(3,4)37(47)31(42-32)17-30-24(14-36(46)51-8)22(10-12-34(44)49-6)28(41-30)16-27-21(9-11-33(43)48-5)23(13-35(45)50-7)29(40-27)15-25(19)39-26/h15-18,37,39,41,47H,9-14H2,1-8H3. The minimum Gasteiger partial charge on any atom is -0.469 e. The van der Waals surface area contributed by atoms with Crippen molar-refractivity contribution in [3.63, 3.8) is 0 Å². The first-order chi connectivity index (χ1) is 24.2. The second kappa shape index (κ2) is 14.9. The number of hydrogen-bond acceptors (Lipinski definition) is 11. The lowest BCUT2D eigenvalue weighted by atomic mass is 9.84. The zero-order chi connectivity index (χ0) is 37.2. The average Bonchev–Trinajstić information content (AvgIpc) is 3.75. The molecule has 0 spiro atoms. The Morgan fingerprint density at radius 3 is 1.80 bits per heavy atom. The van der Waals surface area contributed by atoms with Crippen molar-refractivity contribution >= 4 is 57.1 Å². The highest BCUT2D eigenvalue weighted by atomic mass is 16.5. The lowest BCUT2D eigenvalue weighted by Gasteiger charge is -2.22. The van der Waals surface area contributed by atoms with Gasteiger partial charge < -0.3 is 34.0 Å². The van der Waals surface area contributed by atoms with Crippen molar-refractivity contribution < 1.29 is 43.2 Å². The molecule has 13 nitrogen and oxygen atoms in total. The SMILES string of the molecule is COC(=O)CCC1=C(CC(=O)OC)c2cc3[nH]c(cc4nc(cc5[nH]c(cc1n2)c(CCC(=O)OC)c5CC(=O)OC)C(O)C4(C)C)c(C)c3C. The van der Waals surface area contributed by atoms with Gasteiger partial charge in [-0.15, -0.1) is 0 Å². The molecule has 0 amide bonds. The lowest BCUT2D eigenvalue weighted by molar-refractivity contribution is -0.141. The summed E-state index contributed by atoms with van der Waals surface area (Å²) in [5.41, 5.74) is 8.15. The Kier molecular flexibility index (Phi) is 10.8. The van der Waals surface area contributed by atoms with Crippen molar-refractivity contribution in [3.8, 4) is 0 Å². The van der Waals surface area contributed by atoms with Crippen molar-refractivity contribution in [1.29, 1.82) is 0 Å². The Bertz CT molecular complexity index is 2100. The van der Waals surface area contributed by atoms with Gasteiger partial charge in [0.25, 0.3) is 0 Å². The summed E-state index contributed by atoms with van der Waals surface area (Å²) in [6, 6.07) is 7.28. The van der Waals surface area contributed by atoms with Crippen LogP contribution in [0.3, 0.4) is 0 Å². The number of allylic oxidation sites excluding steroid dienone is 1. The van der Waals surface area contributed by atoms with E-state index in [0.29, 0.717) is 56.1 Å². The third kappa shape index (κ3) is 7.43. The van der Waals surface area contributed by atoms with Crippen molar-refractivity contribution in [3.05, 3.63) is 69.3 Å². The highest BCUT2D eigenvalue weighted by Crippen LogP contribution is 2.41. The van der Waals surface area contributed by atoms with Gasteiger partial charge in [-0.25, -0.2) is 4.98 Å². The summed E-state index contributed by atoms with van der Waals surface area (Å²) in [7, 11) is 5.22. The zero-order valence-electron chi connectivity index (χ0n) is 30.2. The number of carbonyl (C=O) groups is 4. The first-order valence-electron chi connectivity index (χ1n) is 16.6. The summed E-state index contributed by atoms with van der Waals surface area (Å²) in [6.45, 7) is 7.79. The number of fused-ring (bicyclic) bond motifs is 8. The highest BCUT2D eigenvalue weighted by Gasteiger charge is 2.38. The van der Waals surface area contributed by atoms with Crippen LogP contribution in [-0.4, -0.2) is 77.4 Å². The van der Waals surface area contributed by atoms with Gasteiger partial charge in [0.1, 0.15) is 6.10 Å². The fourth-order valence-electron chi connectivity index (χ4n) is 6.50. The largest absolute Gasteiger partial charge is 0.469 e. The first-order valence-corrected chi connectivity index (χ1v) is 16.6. The molecule has 0 aromatic carbocycles. The quantitative estimate of drug-likeness (QED) is 0.187. The van der Waals surface area contributed by atoms with Gasteiger partial charge in [-0.3, -0.25) is 24.2 Å². The van der Waals surface area contributed by atoms with E-state index in [4.69, 9.17) is 28.9 Å². The molecule has 13 heteroatoms. The maximum Gasteiger partial charge on any atom is 0.310 e. The Morgan fingerprint density at radius 2 is 1.18 bits per heavy atom. The number of aryl methyl sites for hydroxylation is 3. The molecule has 51 heavy (non-hydrogen) atoms. The van der Waals surface area contributed by atoms with Crippen molar-refractivity contribution in [2.45, 2.75) is 77.7 Å². The zero-order valence-corrected chi connectivity index (χ0v) is 30.2. The number of esters is 4. The Hall–Kier alpha value is -5.30. The molecule has 3 aromatic heterocycles. The molecule has 3 aromatic rings. The Balaban J connectivity index is 1.97. The predicted molar refractivity (Wildman–Crippen MR) is 189 cm³/mol. The van der Waals surface area contributed by atoms with Crippen LogP contribution in [0.1, 0.15) is 90.7 Å². The molecule has 2 aliphatic rings. The first kappa shape index (κ1) is 37.0. The lowest BCUT2D eigenvalue weighted by Crippen LogP contribution is -2.21. The van der Waals surface area contributed by atoms with E-state index in [-0.39, 0.29) is 38.5 Å². The monoisotopic (exact) mass is 700 g/mol. The molecule has 5 rings (SSSR count). The normalized spacial score (nSPS) is 15.0. The molecule has 8 bridgehead atoms. The fourth-order valence-corrected chi connectivity index (χ4v) is 6.50. The van der Waals surface area contributed by atoms with Gasteiger partial charge >= 0.3 is 23.9 Å². The molecule has 270 valence electrons. The summed E-state index contributed by atoms with van der Waals surface area (Å²) in [4.78, 5) is 67.2. The third-order valence-corrected chi connectivity index (χ3v) is 9.87. The molecule has 0 aliphatic carbocycles. The number of aliphatic hydroxyl groups is 1. The number of hydrogen-bond donors (Lipinski definition) is 3. The van der Waals surface area contributed by atoms with E-state index in [0.717, 1.165) is 22.2 Å². The van der Waals surface area contributed by atoms with E-state index in [1.165, 1.54) is 28.4 Å². The summed E-state index contributed by atoms with van der Waals surface area (Å²) >= 11 is 0. The topological polar surface area (TPSA) is 183 Å². The van der Waals surface area contributed by atoms with Gasteiger partial charge in [-0.05, 0) is 84.4 Å². The van der Waals surface area contributed by atoms with Gasteiger partial charge in [-0.2, -0.15) is 0 Å². The van der Waals surface area contributed by atoms with Crippen LogP contribution in [0.2, 0.25) is 0 Å². The number of methoxy groups -OCH3 is 4. The number of aliphatic hydroxyl groups excluding tert-OH is 1. The van der Waals surface area contributed by atoms with Crippen molar-refractivity contribution in [1.82, 2.24) is 19.9 Å². The summed E-state index contributed by atoms with van der Waals surface area (Å²) in [5.74, 6) is -1.87. The van der Waals surface area contributed by atoms with E-state index in [9.17, 15) is 24.3 Å². The molecule has 0 saturated heterocycles. The molecule has 1 atom stereocenters. The number of nitrogens with zero attached hydrogens (tertiary/aromatic N) is 2. The molecule has 0 radical (unpaired) electrons.